The molecule has 0 bridgehead atoms. The maximum Gasteiger partial charge on any atom is 0.194 e. The Morgan fingerprint density at radius 1 is 1.03 bits per heavy atom. The standard InChI is InChI=1S/C28H20N4OS/c1-15-9-16(2)24(17(3)10-15)27-31-28-23(32(27)4)12-19(34-28)11-22-25(18(13-29)14-30)20-7-5-6-8-21(20)26(22)33/h5-12H,1-4H3/b22-11-. The van der Waals surface area contributed by atoms with Crippen molar-refractivity contribution in [1.82, 2.24) is 9.55 Å². The number of benzene rings is 2. The predicted octanol–water partition coefficient (Wildman–Crippen LogP) is 6.31. The number of carbonyl (C=O) groups excluding carboxylic acids is 1. The highest BCUT2D eigenvalue weighted by Gasteiger charge is 2.32. The number of aryl methyl sites for hydroxylation is 4. The number of rotatable bonds is 2. The van der Waals surface area contributed by atoms with Gasteiger partial charge < -0.3 is 4.57 Å². The lowest BCUT2D eigenvalue weighted by Crippen LogP contribution is -1.98. The first-order chi connectivity index (χ1) is 16.3. The van der Waals surface area contributed by atoms with Crippen LogP contribution in [0, 0.1) is 43.4 Å². The van der Waals surface area contributed by atoms with Gasteiger partial charge in [0.2, 0.25) is 0 Å². The summed E-state index contributed by atoms with van der Waals surface area (Å²) in [5.74, 6) is 0.738. The van der Waals surface area contributed by atoms with E-state index in [-0.39, 0.29) is 11.4 Å². The molecular weight excluding hydrogens is 440 g/mol. The summed E-state index contributed by atoms with van der Waals surface area (Å²) in [5.41, 5.74) is 7.56. The predicted molar refractivity (Wildman–Crippen MR) is 135 cm³/mol. The molecule has 0 saturated carbocycles. The molecule has 0 atom stereocenters. The number of ketones is 1. The minimum Gasteiger partial charge on any atom is -0.326 e. The third kappa shape index (κ3) is 3.20. The average Bonchev–Trinajstić information content (AvgIpc) is 3.42. The van der Waals surface area contributed by atoms with E-state index in [1.54, 1.807) is 30.3 Å². The van der Waals surface area contributed by atoms with Crippen LogP contribution < -0.4 is 0 Å². The Kier molecular flexibility index (Phi) is 5.05. The van der Waals surface area contributed by atoms with Crippen molar-refractivity contribution in [1.29, 1.82) is 10.5 Å². The van der Waals surface area contributed by atoms with Crippen LogP contribution in [0.1, 0.15) is 37.5 Å². The van der Waals surface area contributed by atoms with E-state index in [0.29, 0.717) is 22.3 Å². The van der Waals surface area contributed by atoms with Crippen LogP contribution in [0.3, 0.4) is 0 Å². The molecule has 1 aliphatic rings. The first-order valence-corrected chi connectivity index (χ1v) is 11.6. The lowest BCUT2D eigenvalue weighted by Gasteiger charge is -2.11. The smallest absolute Gasteiger partial charge is 0.194 e. The van der Waals surface area contributed by atoms with Gasteiger partial charge in [0.05, 0.1) is 5.52 Å². The molecule has 34 heavy (non-hydrogen) atoms. The van der Waals surface area contributed by atoms with E-state index in [1.807, 2.05) is 25.3 Å². The van der Waals surface area contributed by atoms with Gasteiger partial charge in [0.15, 0.2) is 5.78 Å². The fourth-order valence-electron chi connectivity index (χ4n) is 4.81. The molecule has 0 unspecified atom stereocenters. The van der Waals surface area contributed by atoms with Crippen LogP contribution in [0.15, 0.2) is 53.6 Å². The van der Waals surface area contributed by atoms with Crippen molar-refractivity contribution in [2.45, 2.75) is 20.8 Å². The van der Waals surface area contributed by atoms with Crippen molar-refractivity contribution in [3.63, 3.8) is 0 Å². The van der Waals surface area contributed by atoms with Crippen LogP contribution in [-0.2, 0) is 7.05 Å². The van der Waals surface area contributed by atoms with Gasteiger partial charge >= 0.3 is 0 Å². The number of Topliss-reactive ketones (excluding diaryl/α,β-unsaturated/α-hetero) is 1. The van der Waals surface area contributed by atoms with E-state index in [9.17, 15) is 15.3 Å². The van der Waals surface area contributed by atoms with Gasteiger partial charge in [0.1, 0.15) is 28.4 Å². The second kappa shape index (κ2) is 7.95. The third-order valence-corrected chi connectivity index (χ3v) is 7.18. The highest BCUT2D eigenvalue weighted by Crippen LogP contribution is 2.41. The Morgan fingerprint density at radius 3 is 2.29 bits per heavy atom. The number of fused-ring (bicyclic) bond motifs is 2. The number of carbonyl (C=O) groups is 1. The number of nitriles is 2. The Hall–Kier alpha value is -4.26. The molecule has 0 saturated heterocycles. The SMILES string of the molecule is Cc1cc(C)c(-c2nc3sc(/C=C4\C(=O)c5ccccc5C4=C(C#N)C#N)cc3n2C)c(C)c1. The minimum atomic E-state index is -0.175. The molecule has 0 aliphatic heterocycles. The molecule has 0 N–H and O–H groups in total. The molecule has 0 radical (unpaired) electrons. The van der Waals surface area contributed by atoms with Gasteiger partial charge in [-0.15, -0.1) is 11.3 Å². The fraction of sp³-hybridized carbons (Fsp3) is 0.143. The van der Waals surface area contributed by atoms with Crippen molar-refractivity contribution in [3.05, 3.63) is 86.3 Å². The van der Waals surface area contributed by atoms with Crippen LogP contribution in [0.5, 0.6) is 0 Å². The van der Waals surface area contributed by atoms with Gasteiger partial charge in [-0.2, -0.15) is 10.5 Å². The summed E-state index contributed by atoms with van der Waals surface area (Å²) in [6.07, 6.45) is 1.78. The topological polar surface area (TPSA) is 82.5 Å². The van der Waals surface area contributed by atoms with Crippen molar-refractivity contribution >= 4 is 39.1 Å². The Labute approximate surface area is 201 Å². The molecule has 0 spiro atoms. The summed E-state index contributed by atoms with van der Waals surface area (Å²) in [6, 6.07) is 17.4. The van der Waals surface area contributed by atoms with Crippen molar-refractivity contribution in [3.8, 4) is 23.5 Å². The lowest BCUT2D eigenvalue weighted by atomic mass is 9.99. The van der Waals surface area contributed by atoms with Gasteiger partial charge in [-0.1, -0.05) is 42.0 Å². The number of hydrogen-bond donors (Lipinski definition) is 0. The van der Waals surface area contributed by atoms with Gasteiger partial charge in [-0.25, -0.2) is 4.98 Å². The molecule has 0 fully saturated rings. The number of imidazole rings is 1. The van der Waals surface area contributed by atoms with Crippen molar-refractivity contribution in [2.75, 3.05) is 0 Å². The van der Waals surface area contributed by atoms with Gasteiger partial charge in [-0.05, 0) is 49.6 Å². The molecule has 2 aromatic heterocycles. The molecule has 5 nitrogen and oxygen atoms in total. The number of hydrogen-bond acceptors (Lipinski definition) is 5. The van der Waals surface area contributed by atoms with Crippen LogP contribution in [-0.4, -0.2) is 15.3 Å². The maximum atomic E-state index is 13.2. The van der Waals surface area contributed by atoms with Gasteiger partial charge in [0.25, 0.3) is 0 Å². The minimum absolute atomic E-state index is 0.0589. The van der Waals surface area contributed by atoms with E-state index in [1.165, 1.54) is 28.0 Å². The van der Waals surface area contributed by atoms with E-state index in [0.717, 1.165) is 26.6 Å². The zero-order valence-electron chi connectivity index (χ0n) is 19.2. The Bertz CT molecular complexity index is 1640. The summed E-state index contributed by atoms with van der Waals surface area (Å²) < 4.78 is 2.08. The molecule has 6 heteroatoms. The van der Waals surface area contributed by atoms with E-state index in [4.69, 9.17) is 4.98 Å². The molecule has 4 aromatic rings. The first kappa shape index (κ1) is 21.6. The van der Waals surface area contributed by atoms with E-state index < -0.39 is 0 Å². The summed E-state index contributed by atoms with van der Waals surface area (Å²) in [6.45, 7) is 6.30. The molecule has 2 heterocycles. The Morgan fingerprint density at radius 2 is 1.68 bits per heavy atom. The number of thiophene rings is 1. The van der Waals surface area contributed by atoms with Crippen LogP contribution in [0.25, 0.3) is 33.4 Å². The van der Waals surface area contributed by atoms with Crippen molar-refractivity contribution in [2.24, 2.45) is 7.05 Å². The largest absolute Gasteiger partial charge is 0.326 e. The second-order valence-corrected chi connectivity index (χ2v) is 9.58. The summed E-state index contributed by atoms with van der Waals surface area (Å²) >= 11 is 1.49. The number of aromatic nitrogens is 2. The maximum absolute atomic E-state index is 13.2. The fourth-order valence-corrected chi connectivity index (χ4v) is 5.82. The second-order valence-electron chi connectivity index (χ2n) is 8.51. The molecule has 164 valence electrons. The highest BCUT2D eigenvalue weighted by atomic mass is 32.1. The molecule has 2 aromatic carbocycles. The van der Waals surface area contributed by atoms with E-state index in [2.05, 4.69) is 37.5 Å². The zero-order valence-corrected chi connectivity index (χ0v) is 20.0. The zero-order chi connectivity index (χ0) is 24.1. The number of nitrogens with zero attached hydrogens (tertiary/aromatic N) is 4. The quantitative estimate of drug-likeness (QED) is 0.259. The van der Waals surface area contributed by atoms with Crippen LogP contribution >= 0.6 is 11.3 Å². The number of allylic oxidation sites excluding steroid dienone is 3. The third-order valence-electron chi connectivity index (χ3n) is 6.21. The molecule has 5 rings (SSSR count). The molecular formula is C28H20N4OS. The Balaban J connectivity index is 1.65. The van der Waals surface area contributed by atoms with Gasteiger partial charge in [0, 0.05) is 34.2 Å². The monoisotopic (exact) mass is 460 g/mol. The highest BCUT2D eigenvalue weighted by molar-refractivity contribution is 7.19. The van der Waals surface area contributed by atoms with E-state index >= 15 is 0 Å². The molecule has 1 aliphatic carbocycles. The van der Waals surface area contributed by atoms with Crippen LogP contribution in [0.4, 0.5) is 0 Å². The first-order valence-electron chi connectivity index (χ1n) is 10.8. The molecule has 0 amide bonds. The van der Waals surface area contributed by atoms with Crippen molar-refractivity contribution < 1.29 is 4.79 Å². The summed E-state index contributed by atoms with van der Waals surface area (Å²) in [5, 5.41) is 19.0. The average molecular weight is 461 g/mol. The normalized spacial score (nSPS) is 13.9. The summed E-state index contributed by atoms with van der Waals surface area (Å²) in [7, 11) is 2.00. The summed E-state index contributed by atoms with van der Waals surface area (Å²) in [4.78, 5) is 19.8. The van der Waals surface area contributed by atoms with Crippen LogP contribution in [0.2, 0.25) is 0 Å². The lowest BCUT2D eigenvalue weighted by molar-refractivity contribution is 0.104. The van der Waals surface area contributed by atoms with Gasteiger partial charge in [-0.3, -0.25) is 4.79 Å².